The van der Waals surface area contributed by atoms with Crippen molar-refractivity contribution in [3.8, 4) is 0 Å². The number of unbranched alkanes of at least 4 members (excludes halogenated alkanes) is 3. The second kappa shape index (κ2) is 6.05. The highest BCUT2D eigenvalue weighted by Crippen LogP contribution is 2.08. The van der Waals surface area contributed by atoms with Crippen LogP contribution in [-0.2, 0) is 6.54 Å². The summed E-state index contributed by atoms with van der Waals surface area (Å²) in [6.07, 6.45) is 7.09. The monoisotopic (exact) mass is 199 g/mol. The Kier molecular flexibility index (Phi) is 4.93. The Balaban J connectivity index is 2.20. The van der Waals surface area contributed by atoms with Crippen molar-refractivity contribution in [1.82, 2.24) is 9.78 Å². The highest BCUT2D eigenvalue weighted by molar-refractivity contribution is 7.97. The zero-order valence-electron chi connectivity index (χ0n) is 8.07. The third-order valence-electron chi connectivity index (χ3n) is 1.98. The Labute approximate surface area is 83.8 Å². The van der Waals surface area contributed by atoms with Crippen molar-refractivity contribution in [3.05, 3.63) is 12.3 Å². The molecule has 0 radical (unpaired) electrons. The van der Waals surface area contributed by atoms with E-state index < -0.39 is 0 Å². The van der Waals surface area contributed by atoms with E-state index in [1.807, 2.05) is 16.9 Å². The standard InChI is InChI=1S/C9H17N3S/c1-2-3-4-5-7-12-8-6-9(11-12)13-10/h6,8H,2-5,7,10H2,1H3. The molecule has 13 heavy (non-hydrogen) atoms. The smallest absolute Gasteiger partial charge is 0.133 e. The highest BCUT2D eigenvalue weighted by Gasteiger charge is 1.96. The summed E-state index contributed by atoms with van der Waals surface area (Å²) in [5, 5.41) is 10.6. The second-order valence-corrected chi connectivity index (χ2v) is 3.75. The molecule has 74 valence electrons. The van der Waals surface area contributed by atoms with E-state index in [1.54, 1.807) is 0 Å². The van der Waals surface area contributed by atoms with Crippen LogP contribution >= 0.6 is 11.9 Å². The Morgan fingerprint density at radius 3 is 2.92 bits per heavy atom. The first-order valence-corrected chi connectivity index (χ1v) is 5.65. The van der Waals surface area contributed by atoms with Crippen LogP contribution in [0.25, 0.3) is 0 Å². The molecule has 1 rings (SSSR count). The van der Waals surface area contributed by atoms with E-state index in [-0.39, 0.29) is 0 Å². The van der Waals surface area contributed by atoms with Crippen molar-refractivity contribution in [2.45, 2.75) is 44.2 Å². The van der Waals surface area contributed by atoms with Gasteiger partial charge in [0.05, 0.1) is 0 Å². The van der Waals surface area contributed by atoms with Crippen LogP contribution in [0.15, 0.2) is 17.3 Å². The maximum absolute atomic E-state index is 5.38. The van der Waals surface area contributed by atoms with E-state index in [0.29, 0.717) is 0 Å². The van der Waals surface area contributed by atoms with Crippen molar-refractivity contribution >= 4 is 11.9 Å². The zero-order valence-corrected chi connectivity index (χ0v) is 8.89. The van der Waals surface area contributed by atoms with Crippen LogP contribution < -0.4 is 5.14 Å². The van der Waals surface area contributed by atoms with Gasteiger partial charge in [0.1, 0.15) is 5.03 Å². The Morgan fingerprint density at radius 2 is 2.31 bits per heavy atom. The van der Waals surface area contributed by atoms with Gasteiger partial charge in [0.2, 0.25) is 0 Å². The minimum atomic E-state index is 0.899. The molecule has 0 fully saturated rings. The maximum atomic E-state index is 5.38. The third kappa shape index (κ3) is 3.83. The van der Waals surface area contributed by atoms with Gasteiger partial charge < -0.3 is 0 Å². The van der Waals surface area contributed by atoms with Crippen LogP contribution in [0.5, 0.6) is 0 Å². The van der Waals surface area contributed by atoms with Gasteiger partial charge in [-0.3, -0.25) is 9.82 Å². The summed E-state index contributed by atoms with van der Waals surface area (Å²) < 4.78 is 1.96. The predicted octanol–water partition coefficient (Wildman–Crippen LogP) is 2.43. The maximum Gasteiger partial charge on any atom is 0.133 e. The molecule has 0 aliphatic carbocycles. The summed E-state index contributed by atoms with van der Waals surface area (Å²) in [6.45, 7) is 3.23. The van der Waals surface area contributed by atoms with Gasteiger partial charge >= 0.3 is 0 Å². The van der Waals surface area contributed by atoms with Crippen molar-refractivity contribution in [2.24, 2.45) is 5.14 Å². The minimum absolute atomic E-state index is 0.899. The summed E-state index contributed by atoms with van der Waals surface area (Å²) in [6, 6.07) is 1.95. The molecule has 0 saturated heterocycles. The quantitative estimate of drug-likeness (QED) is 0.565. The molecule has 4 heteroatoms. The van der Waals surface area contributed by atoms with Crippen LogP contribution in [0.3, 0.4) is 0 Å². The van der Waals surface area contributed by atoms with E-state index in [0.717, 1.165) is 11.6 Å². The van der Waals surface area contributed by atoms with E-state index in [9.17, 15) is 0 Å². The van der Waals surface area contributed by atoms with Crippen LogP contribution in [0.1, 0.15) is 32.6 Å². The average molecular weight is 199 g/mol. The SMILES string of the molecule is CCCCCCn1ccc(SN)n1. The van der Waals surface area contributed by atoms with Crippen LogP contribution in [0.2, 0.25) is 0 Å². The van der Waals surface area contributed by atoms with Crippen LogP contribution in [-0.4, -0.2) is 9.78 Å². The van der Waals surface area contributed by atoms with E-state index in [1.165, 1.54) is 37.6 Å². The fourth-order valence-corrected chi connectivity index (χ4v) is 1.52. The number of hydrogen-bond acceptors (Lipinski definition) is 3. The molecule has 0 saturated carbocycles. The molecule has 2 N–H and O–H groups in total. The summed E-state index contributed by atoms with van der Waals surface area (Å²) in [4.78, 5) is 0. The second-order valence-electron chi connectivity index (χ2n) is 3.10. The molecular formula is C9H17N3S. The fourth-order valence-electron chi connectivity index (χ4n) is 1.23. The van der Waals surface area contributed by atoms with Crippen molar-refractivity contribution in [2.75, 3.05) is 0 Å². The average Bonchev–Trinajstić information content (AvgIpc) is 2.60. The van der Waals surface area contributed by atoms with E-state index in [4.69, 9.17) is 5.14 Å². The molecule has 0 aliphatic heterocycles. The predicted molar refractivity (Wildman–Crippen MR) is 56.4 cm³/mol. The first kappa shape index (κ1) is 10.6. The normalized spacial score (nSPS) is 10.6. The topological polar surface area (TPSA) is 43.8 Å². The molecule has 1 heterocycles. The molecule has 0 amide bonds. The number of nitrogens with zero attached hydrogens (tertiary/aromatic N) is 2. The van der Waals surface area contributed by atoms with Crippen LogP contribution in [0.4, 0.5) is 0 Å². The lowest BCUT2D eigenvalue weighted by Gasteiger charge is -1.99. The van der Waals surface area contributed by atoms with E-state index >= 15 is 0 Å². The molecule has 0 aliphatic rings. The van der Waals surface area contributed by atoms with Crippen molar-refractivity contribution < 1.29 is 0 Å². The van der Waals surface area contributed by atoms with Gasteiger partial charge in [-0.2, -0.15) is 5.10 Å². The number of hydrogen-bond donors (Lipinski definition) is 1. The molecular weight excluding hydrogens is 182 g/mol. The largest absolute Gasteiger partial charge is 0.272 e. The third-order valence-corrected chi connectivity index (χ3v) is 2.44. The fraction of sp³-hybridized carbons (Fsp3) is 0.667. The summed E-state index contributed by atoms with van der Waals surface area (Å²) >= 11 is 1.20. The lowest BCUT2D eigenvalue weighted by Crippen LogP contribution is -1.98. The molecule has 0 atom stereocenters. The molecule has 0 bridgehead atoms. The molecule has 0 unspecified atom stereocenters. The van der Waals surface area contributed by atoms with Gasteiger partial charge in [0.15, 0.2) is 0 Å². The van der Waals surface area contributed by atoms with Gasteiger partial charge in [-0.1, -0.05) is 26.2 Å². The number of nitrogens with two attached hydrogens (primary N) is 1. The first-order chi connectivity index (χ1) is 6.36. The minimum Gasteiger partial charge on any atom is -0.272 e. The van der Waals surface area contributed by atoms with Crippen molar-refractivity contribution in [1.29, 1.82) is 0 Å². The lowest BCUT2D eigenvalue weighted by molar-refractivity contribution is 0.534. The molecule has 0 spiro atoms. The summed E-state index contributed by atoms with van der Waals surface area (Å²) in [5.41, 5.74) is 0. The zero-order chi connectivity index (χ0) is 9.52. The number of aromatic nitrogens is 2. The molecule has 1 aromatic heterocycles. The molecule has 1 aromatic rings. The number of aryl methyl sites for hydroxylation is 1. The van der Waals surface area contributed by atoms with Crippen molar-refractivity contribution in [3.63, 3.8) is 0 Å². The Morgan fingerprint density at radius 1 is 1.46 bits per heavy atom. The number of rotatable bonds is 6. The highest BCUT2D eigenvalue weighted by atomic mass is 32.2. The van der Waals surface area contributed by atoms with Gasteiger partial charge in [-0.15, -0.1) is 0 Å². The van der Waals surface area contributed by atoms with Gasteiger partial charge in [-0.25, -0.2) is 0 Å². The Bertz CT molecular complexity index is 235. The van der Waals surface area contributed by atoms with Gasteiger partial charge in [0.25, 0.3) is 0 Å². The summed E-state index contributed by atoms with van der Waals surface area (Å²) in [7, 11) is 0. The first-order valence-electron chi connectivity index (χ1n) is 4.77. The van der Waals surface area contributed by atoms with Crippen LogP contribution in [0, 0.1) is 0 Å². The summed E-state index contributed by atoms with van der Waals surface area (Å²) in [5.74, 6) is 0. The lowest BCUT2D eigenvalue weighted by atomic mass is 10.2. The molecule has 0 aromatic carbocycles. The Hall–Kier alpha value is -0.480. The van der Waals surface area contributed by atoms with E-state index in [2.05, 4.69) is 12.0 Å². The van der Waals surface area contributed by atoms with Gasteiger partial charge in [0, 0.05) is 12.7 Å². The molecule has 3 nitrogen and oxygen atoms in total. The van der Waals surface area contributed by atoms with Gasteiger partial charge in [-0.05, 0) is 24.4 Å².